The minimum atomic E-state index is 0.741. The molecule has 0 saturated heterocycles. The summed E-state index contributed by atoms with van der Waals surface area (Å²) < 4.78 is 9.19. The molecule has 10 heavy (non-hydrogen) atoms. The minimum absolute atomic E-state index is 0.741. The highest BCUT2D eigenvalue weighted by molar-refractivity contribution is 7.75. The van der Waals surface area contributed by atoms with Crippen molar-refractivity contribution in [3.63, 3.8) is 0 Å². The molecule has 0 unspecified atom stereocenters. The van der Waals surface area contributed by atoms with E-state index in [0.717, 1.165) is 26.1 Å². The molecule has 0 spiro atoms. The second-order valence-electron chi connectivity index (χ2n) is 2.08. The lowest BCUT2D eigenvalue weighted by atomic mass is 10.2. The normalized spacial score (nSPS) is 10.2. The van der Waals surface area contributed by atoms with Crippen LogP contribution in [0.1, 0.15) is 25.7 Å². The van der Waals surface area contributed by atoms with E-state index in [2.05, 4.69) is 34.2 Å². The van der Waals surface area contributed by atoms with Gasteiger partial charge in [-0.05, 0) is 38.7 Å². The van der Waals surface area contributed by atoms with Crippen molar-refractivity contribution in [3.8, 4) is 0 Å². The van der Waals surface area contributed by atoms with Crippen molar-refractivity contribution in [2.24, 2.45) is 0 Å². The second kappa shape index (κ2) is 9.62. The van der Waals surface area contributed by atoms with E-state index in [1.165, 1.54) is 12.8 Å². The largest absolute Gasteiger partial charge is 0.319 e. The number of hydrogen-bond acceptors (Lipinski definition) is 4. The van der Waals surface area contributed by atoms with Crippen molar-refractivity contribution in [1.82, 2.24) is 0 Å². The average Bonchev–Trinajstić information content (AvgIpc) is 1.97. The SMILES string of the molecule is SOCCCCCCOS. The molecule has 0 atom stereocenters. The van der Waals surface area contributed by atoms with Gasteiger partial charge in [0.15, 0.2) is 0 Å². The lowest BCUT2D eigenvalue weighted by molar-refractivity contribution is 0.340. The number of unbranched alkanes of at least 4 members (excludes halogenated alkanes) is 3. The van der Waals surface area contributed by atoms with Gasteiger partial charge in [0, 0.05) is 0 Å². The van der Waals surface area contributed by atoms with Crippen molar-refractivity contribution in [1.29, 1.82) is 0 Å². The fraction of sp³-hybridized carbons (Fsp3) is 1.00. The first-order chi connectivity index (χ1) is 4.91. The van der Waals surface area contributed by atoms with Gasteiger partial charge >= 0.3 is 0 Å². The quantitative estimate of drug-likeness (QED) is 0.357. The maximum atomic E-state index is 4.60. The summed E-state index contributed by atoms with van der Waals surface area (Å²) in [5.41, 5.74) is 0. The van der Waals surface area contributed by atoms with Crippen LogP contribution in [0, 0.1) is 0 Å². The monoisotopic (exact) mass is 182 g/mol. The Kier molecular flexibility index (Phi) is 10.2. The molecule has 0 aromatic heterocycles. The fourth-order valence-corrected chi connectivity index (χ4v) is 0.945. The Labute approximate surface area is 73.5 Å². The van der Waals surface area contributed by atoms with Gasteiger partial charge in [-0.15, -0.1) is 0 Å². The third-order valence-electron chi connectivity index (χ3n) is 1.22. The zero-order chi connectivity index (χ0) is 7.66. The summed E-state index contributed by atoms with van der Waals surface area (Å²) in [4.78, 5) is 0. The molecule has 62 valence electrons. The van der Waals surface area contributed by atoms with E-state index < -0.39 is 0 Å². The molecule has 0 aromatic carbocycles. The number of thiol groups is 2. The van der Waals surface area contributed by atoms with E-state index in [4.69, 9.17) is 0 Å². The predicted octanol–water partition coefficient (Wildman–Crippen LogP) is 2.27. The molecular formula is C6H14O2S2. The molecule has 0 N–H and O–H groups in total. The van der Waals surface area contributed by atoms with Crippen LogP contribution in [-0.4, -0.2) is 13.2 Å². The van der Waals surface area contributed by atoms with Gasteiger partial charge in [0.25, 0.3) is 0 Å². The van der Waals surface area contributed by atoms with Crippen molar-refractivity contribution < 1.29 is 8.37 Å². The molecule has 0 radical (unpaired) electrons. The van der Waals surface area contributed by atoms with Crippen molar-refractivity contribution in [3.05, 3.63) is 0 Å². The van der Waals surface area contributed by atoms with E-state index in [-0.39, 0.29) is 0 Å². The summed E-state index contributed by atoms with van der Waals surface area (Å²) in [6, 6.07) is 0. The highest BCUT2D eigenvalue weighted by Gasteiger charge is 1.88. The lowest BCUT2D eigenvalue weighted by Gasteiger charge is -1.97. The molecule has 0 saturated carbocycles. The first-order valence-electron chi connectivity index (χ1n) is 3.44. The molecular weight excluding hydrogens is 168 g/mol. The van der Waals surface area contributed by atoms with Crippen molar-refractivity contribution in [2.75, 3.05) is 13.2 Å². The third-order valence-corrected chi connectivity index (χ3v) is 1.59. The van der Waals surface area contributed by atoms with Gasteiger partial charge < -0.3 is 8.37 Å². The zero-order valence-corrected chi connectivity index (χ0v) is 7.74. The van der Waals surface area contributed by atoms with Crippen molar-refractivity contribution >= 4 is 25.8 Å². The van der Waals surface area contributed by atoms with E-state index >= 15 is 0 Å². The van der Waals surface area contributed by atoms with Gasteiger partial charge in [-0.25, -0.2) is 0 Å². The smallest absolute Gasteiger partial charge is 0.0610 e. The van der Waals surface area contributed by atoms with Crippen LogP contribution in [0.15, 0.2) is 0 Å². The summed E-state index contributed by atoms with van der Waals surface area (Å²) in [6.07, 6.45) is 4.52. The van der Waals surface area contributed by atoms with Crippen LogP contribution in [0.4, 0.5) is 0 Å². The maximum Gasteiger partial charge on any atom is 0.0610 e. The van der Waals surface area contributed by atoms with Gasteiger partial charge in [0.1, 0.15) is 0 Å². The Bertz CT molecular complexity index is 53.7. The standard InChI is InChI=1S/C6H14O2S2/c9-7-5-3-1-2-4-6-8-10/h9-10H,1-6H2. The van der Waals surface area contributed by atoms with Gasteiger partial charge in [-0.1, -0.05) is 12.8 Å². The molecule has 0 heterocycles. The predicted molar refractivity (Wildman–Crippen MR) is 48.3 cm³/mol. The highest BCUT2D eigenvalue weighted by atomic mass is 32.1. The fourth-order valence-electron chi connectivity index (χ4n) is 0.687. The third kappa shape index (κ3) is 8.62. The molecule has 0 aliphatic heterocycles. The van der Waals surface area contributed by atoms with Gasteiger partial charge in [-0.2, -0.15) is 0 Å². The molecule has 0 aliphatic rings. The van der Waals surface area contributed by atoms with Crippen molar-refractivity contribution in [2.45, 2.75) is 25.7 Å². The average molecular weight is 182 g/mol. The van der Waals surface area contributed by atoms with Crippen LogP contribution < -0.4 is 0 Å². The molecule has 0 amide bonds. The van der Waals surface area contributed by atoms with Crippen LogP contribution in [0.2, 0.25) is 0 Å². The molecule has 4 heteroatoms. The van der Waals surface area contributed by atoms with Gasteiger partial charge in [0.2, 0.25) is 0 Å². The summed E-state index contributed by atoms with van der Waals surface area (Å²) in [5, 5.41) is 0. The Morgan fingerprint density at radius 1 is 0.700 bits per heavy atom. The second-order valence-corrected chi connectivity index (χ2v) is 2.60. The first kappa shape index (κ1) is 10.6. The summed E-state index contributed by atoms with van der Waals surface area (Å²) in [7, 11) is 0. The summed E-state index contributed by atoms with van der Waals surface area (Å²) >= 11 is 7.25. The van der Waals surface area contributed by atoms with Crippen LogP contribution in [0.5, 0.6) is 0 Å². The molecule has 0 aliphatic carbocycles. The van der Waals surface area contributed by atoms with Crippen LogP contribution in [-0.2, 0) is 8.37 Å². The van der Waals surface area contributed by atoms with Gasteiger partial charge in [-0.3, -0.25) is 0 Å². The topological polar surface area (TPSA) is 18.5 Å². The molecule has 0 fully saturated rings. The van der Waals surface area contributed by atoms with Gasteiger partial charge in [0.05, 0.1) is 13.2 Å². The van der Waals surface area contributed by atoms with Crippen LogP contribution in [0.25, 0.3) is 0 Å². The van der Waals surface area contributed by atoms with E-state index in [1.807, 2.05) is 0 Å². The van der Waals surface area contributed by atoms with E-state index in [0.29, 0.717) is 0 Å². The Balaban J connectivity index is 2.65. The van der Waals surface area contributed by atoms with Crippen LogP contribution in [0.3, 0.4) is 0 Å². The number of hydrogen-bond donors (Lipinski definition) is 2. The highest BCUT2D eigenvalue weighted by Crippen LogP contribution is 2.01. The maximum absolute atomic E-state index is 4.60. The summed E-state index contributed by atoms with van der Waals surface area (Å²) in [6.45, 7) is 1.48. The Morgan fingerprint density at radius 3 is 1.40 bits per heavy atom. The van der Waals surface area contributed by atoms with E-state index in [1.54, 1.807) is 0 Å². The molecule has 0 rings (SSSR count). The molecule has 0 bridgehead atoms. The Hall–Kier alpha value is 0.620. The molecule has 0 aromatic rings. The zero-order valence-electron chi connectivity index (χ0n) is 5.95. The minimum Gasteiger partial charge on any atom is -0.319 e. The first-order valence-corrected chi connectivity index (χ1v) is 4.17. The molecule has 2 nitrogen and oxygen atoms in total. The summed E-state index contributed by atoms with van der Waals surface area (Å²) in [5.74, 6) is 0. The van der Waals surface area contributed by atoms with Crippen LogP contribution >= 0.6 is 25.8 Å². The van der Waals surface area contributed by atoms with E-state index in [9.17, 15) is 0 Å². The number of rotatable bonds is 7. The Morgan fingerprint density at radius 2 is 1.10 bits per heavy atom. The lowest BCUT2D eigenvalue weighted by Crippen LogP contribution is -1.87.